The highest BCUT2D eigenvalue weighted by Crippen LogP contribution is 2.22. The van der Waals surface area contributed by atoms with Crippen molar-refractivity contribution in [3.05, 3.63) is 66.0 Å². The Morgan fingerprint density at radius 3 is 2.06 bits per heavy atom. The molecule has 0 radical (unpaired) electrons. The first-order valence-corrected chi connectivity index (χ1v) is 9.93. The summed E-state index contributed by atoms with van der Waals surface area (Å²) < 4.78 is 1.63. The van der Waals surface area contributed by atoms with E-state index in [9.17, 15) is 14.4 Å². The molecule has 31 heavy (non-hydrogen) atoms. The minimum absolute atomic E-state index is 0.241. The van der Waals surface area contributed by atoms with E-state index in [4.69, 9.17) is 0 Å². The Bertz CT molecular complexity index is 1100. The number of nitrogens with zero attached hydrogens (tertiary/aromatic N) is 7. The van der Waals surface area contributed by atoms with Crippen molar-refractivity contribution in [2.24, 2.45) is 0 Å². The summed E-state index contributed by atoms with van der Waals surface area (Å²) in [6.07, 6.45) is 3.47. The Morgan fingerprint density at radius 1 is 0.839 bits per heavy atom. The van der Waals surface area contributed by atoms with E-state index in [1.54, 1.807) is 46.2 Å². The molecule has 1 aromatic carbocycles. The van der Waals surface area contributed by atoms with Crippen LogP contribution in [0.5, 0.6) is 0 Å². The van der Waals surface area contributed by atoms with Crippen LogP contribution >= 0.6 is 0 Å². The fourth-order valence-corrected chi connectivity index (χ4v) is 3.82. The molecule has 3 amide bonds. The van der Waals surface area contributed by atoms with E-state index >= 15 is 0 Å². The number of fused-ring (bicyclic) bond motifs is 1. The first-order valence-electron chi connectivity index (χ1n) is 9.93. The van der Waals surface area contributed by atoms with Gasteiger partial charge in [-0.05, 0) is 30.3 Å². The van der Waals surface area contributed by atoms with Gasteiger partial charge in [0.15, 0.2) is 11.6 Å². The smallest absolute Gasteiger partial charge is 0.262 e. The molecule has 4 heterocycles. The van der Waals surface area contributed by atoms with Gasteiger partial charge in [0, 0.05) is 38.6 Å². The van der Waals surface area contributed by atoms with Crippen molar-refractivity contribution in [3.8, 4) is 5.82 Å². The molecule has 1 fully saturated rings. The summed E-state index contributed by atoms with van der Waals surface area (Å²) in [6.45, 7) is 1.88. The number of carbonyl (C=O) groups is 3. The fourth-order valence-electron chi connectivity index (χ4n) is 3.82. The van der Waals surface area contributed by atoms with E-state index < -0.39 is 11.8 Å². The number of aromatic nitrogens is 4. The summed E-state index contributed by atoms with van der Waals surface area (Å²) in [5.41, 5.74) is 0.699. The molecular formula is C21H19N7O3. The van der Waals surface area contributed by atoms with Crippen molar-refractivity contribution in [2.75, 3.05) is 37.6 Å². The van der Waals surface area contributed by atoms with E-state index in [0.29, 0.717) is 43.1 Å². The lowest BCUT2D eigenvalue weighted by Crippen LogP contribution is -2.52. The summed E-state index contributed by atoms with van der Waals surface area (Å²) in [5.74, 6) is 0.279. The van der Waals surface area contributed by atoms with E-state index in [1.807, 2.05) is 23.1 Å². The number of anilines is 1. The van der Waals surface area contributed by atoms with Gasteiger partial charge in [0.2, 0.25) is 5.91 Å². The zero-order chi connectivity index (χ0) is 21.4. The SMILES string of the molecule is O=C(CN1C(=O)c2ccccc2C1=O)N1CCN(c2ccc(-n3cccn3)nn2)CC1. The van der Waals surface area contributed by atoms with Crippen molar-refractivity contribution < 1.29 is 14.4 Å². The first kappa shape index (κ1) is 18.9. The van der Waals surface area contributed by atoms with Gasteiger partial charge < -0.3 is 9.80 Å². The Hall–Kier alpha value is -4.08. The van der Waals surface area contributed by atoms with E-state index in [-0.39, 0.29) is 12.5 Å². The van der Waals surface area contributed by atoms with Crippen LogP contribution in [0.4, 0.5) is 5.82 Å². The highest BCUT2D eigenvalue weighted by Gasteiger charge is 2.37. The van der Waals surface area contributed by atoms with Crippen LogP contribution in [0.1, 0.15) is 20.7 Å². The van der Waals surface area contributed by atoms with Crippen LogP contribution in [0.2, 0.25) is 0 Å². The molecule has 0 unspecified atom stereocenters. The molecule has 2 aliphatic rings. The van der Waals surface area contributed by atoms with Gasteiger partial charge in [0.25, 0.3) is 11.8 Å². The molecule has 0 atom stereocenters. The second-order valence-corrected chi connectivity index (χ2v) is 7.31. The van der Waals surface area contributed by atoms with Gasteiger partial charge in [-0.1, -0.05) is 12.1 Å². The number of piperazine rings is 1. The fraction of sp³-hybridized carbons (Fsp3) is 0.238. The minimum Gasteiger partial charge on any atom is -0.352 e. The van der Waals surface area contributed by atoms with E-state index in [2.05, 4.69) is 15.3 Å². The normalized spacial score (nSPS) is 16.1. The van der Waals surface area contributed by atoms with Gasteiger partial charge in [-0.2, -0.15) is 5.10 Å². The van der Waals surface area contributed by atoms with Crippen molar-refractivity contribution in [1.29, 1.82) is 0 Å². The number of benzene rings is 1. The number of imide groups is 1. The van der Waals surface area contributed by atoms with Gasteiger partial charge in [0.1, 0.15) is 6.54 Å². The predicted octanol–water partition coefficient (Wildman–Crippen LogP) is 0.607. The van der Waals surface area contributed by atoms with E-state index in [1.165, 1.54) is 0 Å². The van der Waals surface area contributed by atoms with Gasteiger partial charge >= 0.3 is 0 Å². The van der Waals surface area contributed by atoms with Crippen molar-refractivity contribution >= 4 is 23.5 Å². The molecule has 0 N–H and O–H groups in total. The monoisotopic (exact) mass is 417 g/mol. The topological polar surface area (TPSA) is 105 Å². The second-order valence-electron chi connectivity index (χ2n) is 7.31. The minimum atomic E-state index is -0.417. The molecule has 0 bridgehead atoms. The maximum atomic E-state index is 12.7. The molecular weight excluding hydrogens is 398 g/mol. The number of hydrogen-bond acceptors (Lipinski definition) is 7. The molecule has 2 aromatic heterocycles. The lowest BCUT2D eigenvalue weighted by molar-refractivity contribution is -0.131. The molecule has 10 nitrogen and oxygen atoms in total. The Balaban J connectivity index is 1.19. The molecule has 5 rings (SSSR count). The van der Waals surface area contributed by atoms with Crippen LogP contribution in [0.15, 0.2) is 54.9 Å². The highest BCUT2D eigenvalue weighted by molar-refractivity contribution is 6.22. The van der Waals surface area contributed by atoms with Crippen LogP contribution in [0.25, 0.3) is 5.82 Å². The summed E-state index contributed by atoms with van der Waals surface area (Å²) in [5, 5.41) is 12.6. The van der Waals surface area contributed by atoms with Crippen LogP contribution < -0.4 is 4.90 Å². The first-order chi connectivity index (χ1) is 15.1. The van der Waals surface area contributed by atoms with Gasteiger partial charge in [-0.3, -0.25) is 19.3 Å². The molecule has 0 spiro atoms. The lowest BCUT2D eigenvalue weighted by atomic mass is 10.1. The maximum Gasteiger partial charge on any atom is 0.262 e. The summed E-state index contributed by atoms with van der Waals surface area (Å²) >= 11 is 0. The molecule has 156 valence electrons. The molecule has 3 aromatic rings. The Kier molecular flexibility index (Phi) is 4.66. The highest BCUT2D eigenvalue weighted by atomic mass is 16.2. The molecule has 1 saturated heterocycles. The standard InChI is InChI=1S/C21H19N7O3/c29-19(14-27-20(30)15-4-1-2-5-16(15)21(27)31)26-12-10-25(11-13-26)17-6-7-18(24-23-17)28-9-3-8-22-28/h1-9H,10-14H2. The number of amides is 3. The third-order valence-electron chi connectivity index (χ3n) is 5.50. The average Bonchev–Trinajstić information content (AvgIpc) is 3.44. The maximum absolute atomic E-state index is 12.7. The van der Waals surface area contributed by atoms with Crippen LogP contribution in [0, 0.1) is 0 Å². The quantitative estimate of drug-likeness (QED) is 0.573. The molecule has 0 saturated carbocycles. The number of carbonyl (C=O) groups excluding carboxylic acids is 3. The van der Waals surface area contributed by atoms with Crippen molar-refractivity contribution in [1.82, 2.24) is 29.8 Å². The largest absolute Gasteiger partial charge is 0.352 e. The summed E-state index contributed by atoms with van der Waals surface area (Å²) in [7, 11) is 0. The van der Waals surface area contributed by atoms with Gasteiger partial charge in [-0.15, -0.1) is 10.2 Å². The lowest BCUT2D eigenvalue weighted by Gasteiger charge is -2.35. The number of hydrogen-bond donors (Lipinski definition) is 0. The van der Waals surface area contributed by atoms with Gasteiger partial charge in [-0.25, -0.2) is 4.68 Å². The third-order valence-corrected chi connectivity index (χ3v) is 5.50. The van der Waals surface area contributed by atoms with Crippen LogP contribution in [-0.4, -0.2) is 80.2 Å². The molecule has 10 heteroatoms. The predicted molar refractivity (Wildman–Crippen MR) is 110 cm³/mol. The van der Waals surface area contributed by atoms with Crippen LogP contribution in [-0.2, 0) is 4.79 Å². The molecule has 2 aliphatic heterocycles. The third kappa shape index (κ3) is 3.41. The molecule has 0 aliphatic carbocycles. The zero-order valence-corrected chi connectivity index (χ0v) is 16.6. The zero-order valence-electron chi connectivity index (χ0n) is 16.6. The summed E-state index contributed by atoms with van der Waals surface area (Å²) in [4.78, 5) is 42.4. The van der Waals surface area contributed by atoms with Gasteiger partial charge in [0.05, 0.1) is 11.1 Å². The van der Waals surface area contributed by atoms with E-state index in [0.717, 1.165) is 10.7 Å². The van der Waals surface area contributed by atoms with Crippen molar-refractivity contribution in [2.45, 2.75) is 0 Å². The average molecular weight is 417 g/mol. The Morgan fingerprint density at radius 2 is 1.48 bits per heavy atom. The van der Waals surface area contributed by atoms with Crippen LogP contribution in [0.3, 0.4) is 0 Å². The van der Waals surface area contributed by atoms with Crippen molar-refractivity contribution in [3.63, 3.8) is 0 Å². The summed E-state index contributed by atoms with van der Waals surface area (Å²) in [6, 6.07) is 12.2. The second kappa shape index (κ2) is 7.63. The number of rotatable bonds is 4. The Labute approximate surface area is 177 Å².